The van der Waals surface area contributed by atoms with Gasteiger partial charge in [0, 0.05) is 0 Å². The monoisotopic (exact) mass is 217 g/mol. The molecular weight excluding hydrogens is 214 g/mol. The zero-order valence-corrected chi connectivity index (χ0v) is 7.80. The van der Waals surface area contributed by atoms with E-state index in [2.05, 4.69) is 9.98 Å². The van der Waals surface area contributed by atoms with E-state index in [1.165, 1.54) is 17.5 Å². The largest absolute Gasteiger partial charge is 0.444 e. The number of halogens is 1. The van der Waals surface area contributed by atoms with Crippen molar-refractivity contribution in [3.63, 3.8) is 0 Å². The van der Waals surface area contributed by atoms with E-state index in [-0.39, 0.29) is 6.02 Å². The van der Waals surface area contributed by atoms with Gasteiger partial charge in [-0.05, 0) is 0 Å². The summed E-state index contributed by atoms with van der Waals surface area (Å²) in [5, 5.41) is 0.471. The Balaban J connectivity index is 2.25. The first-order chi connectivity index (χ1) is 6.16. The van der Waals surface area contributed by atoms with Crippen LogP contribution in [0.5, 0.6) is 0 Å². The number of nitrogens with two attached hydrogens (primary N) is 1. The lowest BCUT2D eigenvalue weighted by atomic mass is 10.4. The lowest BCUT2D eigenvalue weighted by Gasteiger charge is -2.02. The van der Waals surface area contributed by atoms with E-state index in [1.807, 2.05) is 0 Å². The average Bonchev–Trinajstić information content (AvgIpc) is 2.58. The van der Waals surface area contributed by atoms with Gasteiger partial charge < -0.3 is 10.5 Å². The van der Waals surface area contributed by atoms with Gasteiger partial charge in [0.25, 0.3) is 11.9 Å². The fraction of sp³-hybridized carbons (Fsp3) is 0.167. The van der Waals surface area contributed by atoms with Crippen LogP contribution >= 0.6 is 22.9 Å². The molecule has 0 saturated carbocycles. The van der Waals surface area contributed by atoms with Crippen molar-refractivity contribution in [2.45, 2.75) is 6.10 Å². The van der Waals surface area contributed by atoms with E-state index in [9.17, 15) is 4.79 Å². The summed E-state index contributed by atoms with van der Waals surface area (Å²) < 4.78 is 5.44. The summed E-state index contributed by atoms with van der Waals surface area (Å²) >= 11 is 6.81. The van der Waals surface area contributed by atoms with Crippen molar-refractivity contribution >= 4 is 34.9 Å². The molecule has 68 valence electrons. The third-order valence-electron chi connectivity index (χ3n) is 1.40. The maximum atomic E-state index is 11.1. The summed E-state index contributed by atoms with van der Waals surface area (Å²) in [6.07, 6.45) is 0.643. The van der Waals surface area contributed by atoms with Gasteiger partial charge in [0.05, 0.1) is 6.20 Å². The molecule has 1 atom stereocenters. The lowest BCUT2D eigenvalue weighted by molar-refractivity contribution is -0.122. The summed E-state index contributed by atoms with van der Waals surface area (Å²) in [6, 6.07) is -0.124. The zero-order valence-electron chi connectivity index (χ0n) is 6.23. The second kappa shape index (κ2) is 2.97. The molecule has 0 spiro atoms. The van der Waals surface area contributed by atoms with Crippen LogP contribution in [-0.4, -0.2) is 16.9 Å². The van der Waals surface area contributed by atoms with Crippen LogP contribution in [0, 0.1) is 0 Å². The number of carbonyl (C=O) groups excluding carboxylic acids is 1. The smallest absolute Gasteiger partial charge is 0.298 e. The molecule has 13 heavy (non-hydrogen) atoms. The Morgan fingerprint density at radius 1 is 1.69 bits per heavy atom. The molecule has 0 saturated heterocycles. The van der Waals surface area contributed by atoms with Gasteiger partial charge in [-0.2, -0.15) is 4.99 Å². The number of hydrogen-bond acceptors (Lipinski definition) is 5. The molecule has 1 aliphatic rings. The molecule has 1 unspecified atom stereocenters. The summed E-state index contributed by atoms with van der Waals surface area (Å²) in [5.41, 5.74) is 5.21. The van der Waals surface area contributed by atoms with E-state index < -0.39 is 12.0 Å². The van der Waals surface area contributed by atoms with Gasteiger partial charge in [-0.1, -0.05) is 11.6 Å². The Morgan fingerprint density at radius 2 is 2.46 bits per heavy atom. The predicted octanol–water partition coefficient (Wildman–Crippen LogP) is 0.709. The molecule has 0 aliphatic carbocycles. The molecule has 1 aromatic heterocycles. The molecule has 0 aromatic carbocycles. The molecule has 2 N–H and O–H groups in total. The highest BCUT2D eigenvalue weighted by molar-refractivity contribution is 7.16. The summed E-state index contributed by atoms with van der Waals surface area (Å²) in [5.74, 6) is -0.441. The van der Waals surface area contributed by atoms with Crippen molar-refractivity contribution in [3.05, 3.63) is 15.5 Å². The molecule has 2 heterocycles. The number of thiazole rings is 1. The van der Waals surface area contributed by atoms with Crippen LogP contribution in [0.2, 0.25) is 4.34 Å². The molecule has 0 fully saturated rings. The minimum absolute atomic E-state index is 0.124. The van der Waals surface area contributed by atoms with Crippen molar-refractivity contribution in [1.29, 1.82) is 0 Å². The SMILES string of the molecule is NC1=NC(=O)C(c2ncc(Cl)s2)O1. The topological polar surface area (TPSA) is 77.6 Å². The van der Waals surface area contributed by atoms with Gasteiger partial charge in [-0.25, -0.2) is 4.98 Å². The van der Waals surface area contributed by atoms with Crippen LogP contribution in [0.1, 0.15) is 11.1 Å². The quantitative estimate of drug-likeness (QED) is 0.752. The Hall–Kier alpha value is -1.14. The van der Waals surface area contributed by atoms with Crippen molar-refractivity contribution in [2.24, 2.45) is 10.7 Å². The van der Waals surface area contributed by atoms with E-state index in [0.29, 0.717) is 9.34 Å². The number of ether oxygens (including phenoxy) is 1. The second-order valence-corrected chi connectivity index (χ2v) is 3.98. The number of carbonyl (C=O) groups is 1. The normalized spacial score (nSPS) is 21.5. The van der Waals surface area contributed by atoms with Crippen LogP contribution in [0.4, 0.5) is 0 Å². The van der Waals surface area contributed by atoms with Gasteiger partial charge in [0.2, 0.25) is 6.10 Å². The first-order valence-corrected chi connectivity index (χ1v) is 4.52. The molecule has 7 heteroatoms. The Morgan fingerprint density at radius 3 is 2.92 bits per heavy atom. The zero-order chi connectivity index (χ0) is 9.42. The van der Waals surface area contributed by atoms with Crippen LogP contribution in [-0.2, 0) is 9.53 Å². The number of rotatable bonds is 1. The van der Waals surface area contributed by atoms with Gasteiger partial charge in [-0.15, -0.1) is 11.3 Å². The molecule has 2 rings (SSSR count). The fourth-order valence-electron chi connectivity index (χ4n) is 0.909. The minimum Gasteiger partial charge on any atom is -0.444 e. The van der Waals surface area contributed by atoms with Crippen LogP contribution in [0.3, 0.4) is 0 Å². The van der Waals surface area contributed by atoms with Gasteiger partial charge in [-0.3, -0.25) is 4.79 Å². The Kier molecular flexibility index (Phi) is 1.93. The number of aliphatic imine (C=N–C) groups is 1. The summed E-state index contributed by atoms with van der Waals surface area (Å²) in [4.78, 5) is 18.4. The highest BCUT2D eigenvalue weighted by atomic mass is 35.5. The van der Waals surface area contributed by atoms with E-state index in [1.54, 1.807) is 0 Å². The van der Waals surface area contributed by atoms with Gasteiger partial charge in [0.15, 0.2) is 0 Å². The second-order valence-electron chi connectivity index (χ2n) is 2.29. The predicted molar refractivity (Wildman–Crippen MR) is 47.6 cm³/mol. The first-order valence-electron chi connectivity index (χ1n) is 3.32. The van der Waals surface area contributed by atoms with Crippen LogP contribution < -0.4 is 5.73 Å². The molecule has 1 amide bonds. The first kappa shape index (κ1) is 8.46. The number of amides is 1. The van der Waals surface area contributed by atoms with Crippen molar-refractivity contribution in [3.8, 4) is 0 Å². The van der Waals surface area contributed by atoms with E-state index in [0.717, 1.165) is 0 Å². The highest BCUT2D eigenvalue weighted by Gasteiger charge is 2.31. The fourth-order valence-corrected chi connectivity index (χ4v) is 1.86. The van der Waals surface area contributed by atoms with E-state index in [4.69, 9.17) is 22.1 Å². The van der Waals surface area contributed by atoms with Crippen molar-refractivity contribution in [2.75, 3.05) is 0 Å². The summed E-state index contributed by atoms with van der Waals surface area (Å²) in [6.45, 7) is 0. The third-order valence-corrected chi connectivity index (χ3v) is 2.56. The Bertz CT molecular complexity index is 389. The lowest BCUT2D eigenvalue weighted by Crippen LogP contribution is -2.13. The minimum atomic E-state index is -0.808. The number of nitrogens with zero attached hydrogens (tertiary/aromatic N) is 2. The number of aromatic nitrogens is 1. The standard InChI is InChI=1S/C6H4ClN3O2S/c7-2-1-9-5(13-2)3-4(11)10-6(8)12-3/h1,3H,(H2,8,10,11). The third kappa shape index (κ3) is 1.50. The molecule has 1 aliphatic heterocycles. The molecule has 0 bridgehead atoms. The van der Waals surface area contributed by atoms with Gasteiger partial charge >= 0.3 is 0 Å². The number of amidine groups is 1. The van der Waals surface area contributed by atoms with Crippen LogP contribution in [0.25, 0.3) is 0 Å². The van der Waals surface area contributed by atoms with Crippen LogP contribution in [0.15, 0.2) is 11.2 Å². The molecular formula is C6H4ClN3O2S. The average molecular weight is 218 g/mol. The van der Waals surface area contributed by atoms with Crippen molar-refractivity contribution < 1.29 is 9.53 Å². The Labute approximate surface area is 82.2 Å². The van der Waals surface area contributed by atoms with Gasteiger partial charge in [0.1, 0.15) is 9.34 Å². The number of hydrogen-bond donors (Lipinski definition) is 1. The van der Waals surface area contributed by atoms with E-state index >= 15 is 0 Å². The maximum absolute atomic E-state index is 11.1. The molecule has 1 aromatic rings. The molecule has 0 radical (unpaired) electrons. The maximum Gasteiger partial charge on any atom is 0.298 e. The highest BCUT2D eigenvalue weighted by Crippen LogP contribution is 2.29. The van der Waals surface area contributed by atoms with Crippen molar-refractivity contribution in [1.82, 2.24) is 4.98 Å². The molecule has 5 nitrogen and oxygen atoms in total. The summed E-state index contributed by atoms with van der Waals surface area (Å²) in [7, 11) is 0.